The van der Waals surface area contributed by atoms with Gasteiger partial charge in [0.05, 0.1) is 11.4 Å². The summed E-state index contributed by atoms with van der Waals surface area (Å²) in [4.78, 5) is 27.1. The number of amides is 2. The number of thioether (sulfide) groups is 1. The smallest absolute Gasteiger partial charge is 0.293 e. The minimum absolute atomic E-state index is 0.0546. The molecule has 2 heterocycles. The van der Waals surface area contributed by atoms with E-state index in [2.05, 4.69) is 30.3 Å². The molecular weight excluding hydrogens is 510 g/mol. The van der Waals surface area contributed by atoms with Gasteiger partial charge in [-0.05, 0) is 69.6 Å². The normalized spacial score (nSPS) is 15.7. The second-order valence-corrected chi connectivity index (χ2v) is 10.0. The molecule has 4 aromatic carbocycles. The third-order valence-corrected chi connectivity index (χ3v) is 7.40. The van der Waals surface area contributed by atoms with Gasteiger partial charge in [-0.3, -0.25) is 14.5 Å². The van der Waals surface area contributed by atoms with Crippen molar-refractivity contribution in [1.29, 1.82) is 0 Å². The van der Waals surface area contributed by atoms with Gasteiger partial charge >= 0.3 is 0 Å². The Bertz CT molecular complexity index is 1570. The van der Waals surface area contributed by atoms with E-state index >= 15 is 0 Å². The van der Waals surface area contributed by atoms with E-state index in [0.717, 1.165) is 28.6 Å². The van der Waals surface area contributed by atoms with E-state index < -0.39 is 0 Å². The summed E-state index contributed by atoms with van der Waals surface area (Å²) in [6.45, 7) is 0.622. The van der Waals surface area contributed by atoms with E-state index in [4.69, 9.17) is 25.8 Å². The van der Waals surface area contributed by atoms with Crippen molar-refractivity contribution in [3.8, 4) is 17.2 Å². The molecule has 0 unspecified atom stereocenters. The molecule has 0 N–H and O–H groups in total. The number of carbonyl (C=O) groups excluding carboxylic acids is 2. The second-order valence-electron chi connectivity index (χ2n) is 8.60. The van der Waals surface area contributed by atoms with Crippen LogP contribution in [0.2, 0.25) is 5.02 Å². The summed E-state index contributed by atoms with van der Waals surface area (Å²) in [7, 11) is 0. The lowest BCUT2D eigenvalue weighted by Crippen LogP contribution is -2.27. The molecule has 2 amide bonds. The van der Waals surface area contributed by atoms with Gasteiger partial charge in [-0.15, -0.1) is 0 Å². The fraction of sp³-hybridized carbons (Fsp3) is 0.103. The minimum Gasteiger partial charge on any atom is -0.489 e. The summed E-state index contributed by atoms with van der Waals surface area (Å²) in [6.07, 6.45) is 1.71. The molecule has 2 aliphatic rings. The quantitative estimate of drug-likeness (QED) is 0.250. The van der Waals surface area contributed by atoms with Gasteiger partial charge in [-0.2, -0.15) is 0 Å². The van der Waals surface area contributed by atoms with Crippen molar-refractivity contribution >= 4 is 51.4 Å². The van der Waals surface area contributed by atoms with Gasteiger partial charge in [0, 0.05) is 11.1 Å². The first-order valence-corrected chi connectivity index (χ1v) is 12.8. The SMILES string of the molecule is O=C1S/C(=C\c2ccc(OCc3ccc4ccccc4c3)cc2)C(=O)N1Cc1cc2c(cc1Cl)OCO2. The first-order valence-electron chi connectivity index (χ1n) is 11.6. The maximum absolute atomic E-state index is 13.0. The molecule has 0 spiro atoms. The van der Waals surface area contributed by atoms with Gasteiger partial charge in [0.15, 0.2) is 11.5 Å². The van der Waals surface area contributed by atoms with Crippen molar-refractivity contribution in [2.45, 2.75) is 13.2 Å². The van der Waals surface area contributed by atoms with Crippen LogP contribution in [0.25, 0.3) is 16.8 Å². The Morgan fingerprint density at radius 2 is 1.68 bits per heavy atom. The number of carbonyl (C=O) groups is 2. The number of nitrogens with zero attached hydrogens (tertiary/aromatic N) is 1. The van der Waals surface area contributed by atoms with Crippen molar-refractivity contribution in [2.75, 3.05) is 6.79 Å². The van der Waals surface area contributed by atoms with Gasteiger partial charge in [-0.25, -0.2) is 0 Å². The zero-order chi connectivity index (χ0) is 25.4. The van der Waals surface area contributed by atoms with E-state index in [1.165, 1.54) is 15.7 Å². The lowest BCUT2D eigenvalue weighted by Gasteiger charge is -2.14. The van der Waals surface area contributed by atoms with Crippen LogP contribution >= 0.6 is 23.4 Å². The summed E-state index contributed by atoms with van der Waals surface area (Å²) in [6, 6.07) is 25.2. The summed E-state index contributed by atoms with van der Waals surface area (Å²) < 4.78 is 16.6. The Kier molecular flexibility index (Phi) is 6.24. The molecule has 6 nitrogen and oxygen atoms in total. The molecule has 1 saturated heterocycles. The van der Waals surface area contributed by atoms with Crippen LogP contribution in [0.1, 0.15) is 16.7 Å². The Labute approximate surface area is 222 Å². The van der Waals surface area contributed by atoms with Crippen LogP contribution in [-0.2, 0) is 17.9 Å². The lowest BCUT2D eigenvalue weighted by atomic mass is 10.1. The fourth-order valence-electron chi connectivity index (χ4n) is 4.19. The van der Waals surface area contributed by atoms with Crippen LogP contribution in [0.15, 0.2) is 83.8 Å². The van der Waals surface area contributed by atoms with Crippen molar-refractivity contribution < 1.29 is 23.8 Å². The van der Waals surface area contributed by atoms with Crippen LogP contribution in [0.3, 0.4) is 0 Å². The Morgan fingerprint density at radius 3 is 2.49 bits per heavy atom. The highest BCUT2D eigenvalue weighted by molar-refractivity contribution is 8.18. The first kappa shape index (κ1) is 23.5. The molecule has 2 aliphatic heterocycles. The standard InChI is InChI=1S/C29H20ClNO5S/c30-24-14-26-25(35-17-36-26)13-22(24)15-31-28(32)27(37-29(31)33)12-18-6-9-23(10-7-18)34-16-19-5-8-20-3-1-2-4-21(20)11-19/h1-14H,15-17H2/b27-12-. The third-order valence-electron chi connectivity index (χ3n) is 6.14. The Morgan fingerprint density at radius 1 is 0.919 bits per heavy atom. The first-order chi connectivity index (χ1) is 18.0. The molecular formula is C29H20ClNO5S. The van der Waals surface area contributed by atoms with E-state index in [9.17, 15) is 9.59 Å². The van der Waals surface area contributed by atoms with Crippen LogP contribution in [0.5, 0.6) is 17.2 Å². The molecule has 0 saturated carbocycles. The van der Waals surface area contributed by atoms with E-state index in [1.807, 2.05) is 36.4 Å². The van der Waals surface area contributed by atoms with Gasteiger partial charge in [0.25, 0.3) is 11.1 Å². The van der Waals surface area contributed by atoms with E-state index in [0.29, 0.717) is 33.6 Å². The van der Waals surface area contributed by atoms with Gasteiger partial charge in [0.2, 0.25) is 6.79 Å². The van der Waals surface area contributed by atoms with Crippen LogP contribution in [-0.4, -0.2) is 22.8 Å². The number of hydrogen-bond acceptors (Lipinski definition) is 6. The number of fused-ring (bicyclic) bond motifs is 2. The number of rotatable bonds is 6. The molecule has 37 heavy (non-hydrogen) atoms. The molecule has 1 fully saturated rings. The van der Waals surface area contributed by atoms with Crippen molar-refractivity contribution in [2.24, 2.45) is 0 Å². The van der Waals surface area contributed by atoms with Gasteiger partial charge in [-0.1, -0.05) is 60.1 Å². The van der Waals surface area contributed by atoms with Crippen molar-refractivity contribution in [3.63, 3.8) is 0 Å². The maximum Gasteiger partial charge on any atom is 0.293 e. The molecule has 0 bridgehead atoms. The second kappa shape index (κ2) is 9.84. The number of hydrogen-bond donors (Lipinski definition) is 0. The highest BCUT2D eigenvalue weighted by Gasteiger charge is 2.35. The predicted molar refractivity (Wildman–Crippen MR) is 144 cm³/mol. The summed E-state index contributed by atoms with van der Waals surface area (Å²) in [5, 5.41) is 2.43. The highest BCUT2D eigenvalue weighted by Crippen LogP contribution is 2.39. The fourth-order valence-corrected chi connectivity index (χ4v) is 5.25. The van der Waals surface area contributed by atoms with E-state index in [-0.39, 0.29) is 24.5 Å². The van der Waals surface area contributed by atoms with Crippen LogP contribution in [0, 0.1) is 0 Å². The van der Waals surface area contributed by atoms with Crippen molar-refractivity contribution in [1.82, 2.24) is 4.90 Å². The topological polar surface area (TPSA) is 65.1 Å². The molecule has 6 rings (SSSR count). The van der Waals surface area contributed by atoms with Crippen LogP contribution < -0.4 is 14.2 Å². The number of ether oxygens (including phenoxy) is 3. The molecule has 0 aliphatic carbocycles. The molecule has 0 atom stereocenters. The number of halogens is 1. The summed E-state index contributed by atoms with van der Waals surface area (Å²) >= 11 is 7.24. The molecule has 4 aromatic rings. The molecule has 0 aromatic heterocycles. The summed E-state index contributed by atoms with van der Waals surface area (Å²) in [5.41, 5.74) is 2.49. The number of imide groups is 1. The van der Waals surface area contributed by atoms with Crippen molar-refractivity contribution in [3.05, 3.63) is 105 Å². The Balaban J connectivity index is 1.11. The van der Waals surface area contributed by atoms with Gasteiger partial charge < -0.3 is 14.2 Å². The summed E-state index contributed by atoms with van der Waals surface area (Å²) in [5.74, 6) is 1.45. The average Bonchev–Trinajstić information content (AvgIpc) is 3.47. The minimum atomic E-state index is -0.361. The molecule has 8 heteroatoms. The average molecular weight is 530 g/mol. The van der Waals surface area contributed by atoms with Gasteiger partial charge in [0.1, 0.15) is 12.4 Å². The zero-order valence-corrected chi connectivity index (χ0v) is 21.1. The predicted octanol–water partition coefficient (Wildman–Crippen LogP) is 7.04. The molecule has 0 radical (unpaired) electrons. The van der Waals surface area contributed by atoms with E-state index in [1.54, 1.807) is 18.2 Å². The zero-order valence-electron chi connectivity index (χ0n) is 19.5. The highest BCUT2D eigenvalue weighted by atomic mass is 35.5. The van der Waals surface area contributed by atoms with Crippen LogP contribution in [0.4, 0.5) is 4.79 Å². The third kappa shape index (κ3) is 4.88. The monoisotopic (exact) mass is 529 g/mol. The largest absolute Gasteiger partial charge is 0.489 e. The lowest BCUT2D eigenvalue weighted by molar-refractivity contribution is -0.123. The molecule has 184 valence electrons. The maximum atomic E-state index is 13.0. The number of benzene rings is 4. The Hall–Kier alpha value is -3.94.